The van der Waals surface area contributed by atoms with Gasteiger partial charge >= 0.3 is 0 Å². The lowest BCUT2D eigenvalue weighted by molar-refractivity contribution is -0.139. The summed E-state index contributed by atoms with van der Waals surface area (Å²) >= 11 is 0. The number of aliphatic hydroxyl groups excluding tert-OH is 1. The maximum absolute atomic E-state index is 13.5. The van der Waals surface area contributed by atoms with Crippen molar-refractivity contribution in [2.75, 3.05) is 26.1 Å². The zero-order chi connectivity index (χ0) is 27.8. The van der Waals surface area contributed by atoms with Crippen LogP contribution in [0.15, 0.2) is 48.5 Å². The van der Waals surface area contributed by atoms with Crippen LogP contribution in [0.1, 0.15) is 63.0 Å². The molecule has 2 aliphatic rings. The van der Waals surface area contributed by atoms with Crippen LogP contribution in [0.25, 0.3) is 0 Å². The van der Waals surface area contributed by atoms with Gasteiger partial charge in [0.05, 0.1) is 20.3 Å². The lowest BCUT2D eigenvalue weighted by Gasteiger charge is -2.27. The van der Waals surface area contributed by atoms with Crippen LogP contribution >= 0.6 is 0 Å². The zero-order valence-electron chi connectivity index (χ0n) is 22.7. The van der Waals surface area contributed by atoms with Crippen molar-refractivity contribution in [2.24, 2.45) is 5.92 Å². The summed E-state index contributed by atoms with van der Waals surface area (Å²) in [5, 5.41) is 16.1. The summed E-state index contributed by atoms with van der Waals surface area (Å²) in [5.74, 6) is 0.786. The van der Waals surface area contributed by atoms with Gasteiger partial charge in [-0.15, -0.1) is 0 Å². The van der Waals surface area contributed by atoms with Crippen LogP contribution in [0, 0.1) is 5.92 Å². The van der Waals surface area contributed by atoms with Gasteiger partial charge in [-0.2, -0.15) is 0 Å². The first-order chi connectivity index (χ1) is 18.9. The van der Waals surface area contributed by atoms with Crippen molar-refractivity contribution >= 4 is 23.4 Å². The Bertz CT molecular complexity index is 1110. The van der Waals surface area contributed by atoms with E-state index in [1.807, 2.05) is 0 Å². The van der Waals surface area contributed by atoms with Crippen molar-refractivity contribution in [3.63, 3.8) is 0 Å². The molecule has 210 valence electrons. The molecule has 3 atom stereocenters. The van der Waals surface area contributed by atoms with Crippen molar-refractivity contribution in [3.05, 3.63) is 54.1 Å². The molecular formula is C30H39N3O6. The molecule has 3 amide bonds. The minimum atomic E-state index is -1.03. The fourth-order valence-corrected chi connectivity index (χ4v) is 5.51. The maximum Gasteiger partial charge on any atom is 0.251 e. The van der Waals surface area contributed by atoms with Crippen molar-refractivity contribution in [1.82, 2.24) is 10.2 Å². The number of methoxy groups -OCH3 is 2. The minimum absolute atomic E-state index is 0.118. The van der Waals surface area contributed by atoms with E-state index in [0.29, 0.717) is 35.1 Å². The molecule has 1 aliphatic carbocycles. The molecule has 1 heterocycles. The first-order valence-corrected chi connectivity index (χ1v) is 13.7. The normalized spacial score (nSPS) is 20.2. The van der Waals surface area contributed by atoms with Crippen LogP contribution in [0.3, 0.4) is 0 Å². The van der Waals surface area contributed by atoms with Gasteiger partial charge < -0.3 is 30.1 Å². The minimum Gasteiger partial charge on any atom is -0.497 e. The van der Waals surface area contributed by atoms with Crippen LogP contribution in [-0.2, 0) is 14.4 Å². The topological polar surface area (TPSA) is 117 Å². The molecule has 1 aliphatic heterocycles. The molecule has 0 unspecified atom stereocenters. The van der Waals surface area contributed by atoms with Gasteiger partial charge in [0.2, 0.25) is 11.8 Å². The van der Waals surface area contributed by atoms with Gasteiger partial charge in [-0.25, -0.2) is 0 Å². The Morgan fingerprint density at radius 1 is 0.949 bits per heavy atom. The SMILES string of the molecule is COc1ccc(NC(=O)[C@@H](NC(=O)[C@@H]2C[C@@H](O)CN2C(=O)CCC2CCCCC2)c2ccc(OC)cc2)cc1. The summed E-state index contributed by atoms with van der Waals surface area (Å²) in [7, 11) is 3.11. The number of rotatable bonds is 10. The molecule has 3 N–H and O–H groups in total. The summed E-state index contributed by atoms with van der Waals surface area (Å²) in [5.41, 5.74) is 1.10. The van der Waals surface area contributed by atoms with Crippen molar-refractivity contribution < 1.29 is 29.0 Å². The van der Waals surface area contributed by atoms with Gasteiger partial charge in [0.15, 0.2) is 0 Å². The molecule has 2 fully saturated rings. The summed E-state index contributed by atoms with van der Waals surface area (Å²) in [6, 6.07) is 11.9. The number of nitrogens with one attached hydrogen (secondary N) is 2. The van der Waals surface area contributed by atoms with E-state index in [-0.39, 0.29) is 18.9 Å². The number of benzene rings is 2. The highest BCUT2D eigenvalue weighted by Gasteiger charge is 2.40. The second-order valence-corrected chi connectivity index (χ2v) is 10.4. The number of hydrogen-bond acceptors (Lipinski definition) is 6. The fourth-order valence-electron chi connectivity index (χ4n) is 5.51. The van der Waals surface area contributed by atoms with Crippen molar-refractivity contribution in [3.8, 4) is 11.5 Å². The summed E-state index contributed by atoms with van der Waals surface area (Å²) < 4.78 is 10.4. The third-order valence-electron chi connectivity index (χ3n) is 7.75. The highest BCUT2D eigenvalue weighted by atomic mass is 16.5. The van der Waals surface area contributed by atoms with E-state index in [2.05, 4.69) is 10.6 Å². The summed E-state index contributed by atoms with van der Waals surface area (Å²) in [4.78, 5) is 41.5. The Balaban J connectivity index is 1.47. The van der Waals surface area contributed by atoms with E-state index >= 15 is 0 Å². The van der Waals surface area contributed by atoms with Gasteiger partial charge in [-0.3, -0.25) is 14.4 Å². The number of carbonyl (C=O) groups is 3. The number of likely N-dealkylation sites (tertiary alicyclic amines) is 1. The molecule has 4 rings (SSSR count). The smallest absolute Gasteiger partial charge is 0.251 e. The highest BCUT2D eigenvalue weighted by Crippen LogP contribution is 2.29. The van der Waals surface area contributed by atoms with E-state index in [0.717, 1.165) is 19.3 Å². The molecule has 2 aromatic rings. The third-order valence-corrected chi connectivity index (χ3v) is 7.75. The Kier molecular flexibility index (Phi) is 9.81. The number of ether oxygens (including phenoxy) is 2. The predicted molar refractivity (Wildman–Crippen MR) is 147 cm³/mol. The number of carbonyl (C=O) groups excluding carboxylic acids is 3. The monoisotopic (exact) mass is 537 g/mol. The molecule has 0 radical (unpaired) electrons. The quantitative estimate of drug-likeness (QED) is 0.424. The van der Waals surface area contributed by atoms with Gasteiger partial charge in [-0.1, -0.05) is 44.2 Å². The first kappa shape index (κ1) is 28.4. The number of hydrogen-bond donors (Lipinski definition) is 3. The van der Waals surface area contributed by atoms with Gasteiger partial charge in [0.25, 0.3) is 5.91 Å². The van der Waals surface area contributed by atoms with Crippen molar-refractivity contribution in [1.29, 1.82) is 0 Å². The van der Waals surface area contributed by atoms with Crippen LogP contribution in [-0.4, -0.2) is 60.6 Å². The zero-order valence-corrected chi connectivity index (χ0v) is 22.7. The number of anilines is 1. The number of nitrogens with zero attached hydrogens (tertiary/aromatic N) is 1. The molecule has 1 saturated carbocycles. The lowest BCUT2D eigenvalue weighted by Crippen LogP contribution is -2.48. The second-order valence-electron chi connectivity index (χ2n) is 10.4. The predicted octanol–water partition coefficient (Wildman–Crippen LogP) is 3.82. The Hall–Kier alpha value is -3.59. The molecule has 0 bridgehead atoms. The Morgan fingerprint density at radius 3 is 2.18 bits per heavy atom. The van der Waals surface area contributed by atoms with Crippen LogP contribution < -0.4 is 20.1 Å². The van der Waals surface area contributed by atoms with Crippen LogP contribution in [0.4, 0.5) is 5.69 Å². The molecule has 0 spiro atoms. The standard InChI is InChI=1S/C30H39N3O6/c1-38-24-13-9-21(10-14-24)28(30(37)31-22-11-15-25(39-2)16-12-22)32-29(36)26-18-23(34)19-33(26)27(35)17-8-20-6-4-3-5-7-20/h9-16,20,23,26,28,34H,3-8,17-19H2,1-2H3,(H,31,37)(H,32,36)/t23-,26+,28+/m1/s1. The van der Waals surface area contributed by atoms with Gasteiger partial charge in [0, 0.05) is 25.1 Å². The van der Waals surface area contributed by atoms with Crippen LogP contribution in [0.2, 0.25) is 0 Å². The van der Waals surface area contributed by atoms with Gasteiger partial charge in [-0.05, 0) is 54.3 Å². The molecule has 1 saturated heterocycles. The molecule has 9 heteroatoms. The number of β-amino-alcohol motifs (C(OH)–C–C–N with tert-alkyl or cyclic N) is 1. The van der Waals surface area contributed by atoms with E-state index in [4.69, 9.17) is 9.47 Å². The van der Waals surface area contributed by atoms with Crippen LogP contribution in [0.5, 0.6) is 11.5 Å². The largest absolute Gasteiger partial charge is 0.497 e. The second kappa shape index (κ2) is 13.5. The fraction of sp³-hybridized carbons (Fsp3) is 0.500. The third kappa shape index (κ3) is 7.50. The first-order valence-electron chi connectivity index (χ1n) is 13.7. The molecular weight excluding hydrogens is 498 g/mol. The van der Waals surface area contributed by atoms with E-state index in [1.54, 1.807) is 62.8 Å². The van der Waals surface area contributed by atoms with E-state index in [1.165, 1.54) is 24.2 Å². The van der Waals surface area contributed by atoms with Crippen molar-refractivity contribution in [2.45, 2.75) is 69.6 Å². The lowest BCUT2D eigenvalue weighted by atomic mass is 9.86. The molecule has 39 heavy (non-hydrogen) atoms. The maximum atomic E-state index is 13.5. The number of amides is 3. The Labute approximate surface area is 229 Å². The average Bonchev–Trinajstić information content (AvgIpc) is 3.37. The van der Waals surface area contributed by atoms with Gasteiger partial charge in [0.1, 0.15) is 23.6 Å². The molecule has 9 nitrogen and oxygen atoms in total. The number of aliphatic hydroxyl groups is 1. The average molecular weight is 538 g/mol. The van der Waals surface area contributed by atoms with E-state index in [9.17, 15) is 19.5 Å². The molecule has 0 aromatic heterocycles. The molecule has 2 aromatic carbocycles. The van der Waals surface area contributed by atoms with E-state index < -0.39 is 30.0 Å². The Morgan fingerprint density at radius 2 is 1.56 bits per heavy atom. The highest BCUT2D eigenvalue weighted by molar-refractivity contribution is 5.99. The summed E-state index contributed by atoms with van der Waals surface area (Å²) in [6.07, 6.45) is 6.48. The summed E-state index contributed by atoms with van der Waals surface area (Å²) in [6.45, 7) is 0.118.